The Balaban J connectivity index is 1.35. The minimum atomic E-state index is -0.0163. The summed E-state index contributed by atoms with van der Waals surface area (Å²) in [6.07, 6.45) is 3.21. The fourth-order valence-electron chi connectivity index (χ4n) is 3.86. The third-order valence-corrected chi connectivity index (χ3v) is 5.81. The molecule has 1 aliphatic heterocycles. The largest absolute Gasteiger partial charge is 0.441 e. The Morgan fingerprint density at radius 2 is 1.75 bits per heavy atom. The summed E-state index contributed by atoms with van der Waals surface area (Å²) in [7, 11) is 1.99. The number of amides is 1. The molecule has 0 N–H and O–H groups in total. The first-order valence-electron chi connectivity index (χ1n) is 10.6. The van der Waals surface area contributed by atoms with Gasteiger partial charge in [0.05, 0.1) is 17.2 Å². The minimum absolute atomic E-state index is 0.0163. The Morgan fingerprint density at radius 1 is 1.03 bits per heavy atom. The second-order valence-electron chi connectivity index (χ2n) is 7.81. The van der Waals surface area contributed by atoms with Crippen LogP contribution in [0.5, 0.6) is 0 Å². The molecule has 0 unspecified atom stereocenters. The SMILES string of the molecule is CN1CCCN(C(=O)CCc2ncc(-c3ccc(Cl)cc3)o2)c2nc3ccccc3nc21. The van der Waals surface area contributed by atoms with Gasteiger partial charge in [-0.3, -0.25) is 9.69 Å². The van der Waals surface area contributed by atoms with Crippen molar-refractivity contribution in [1.29, 1.82) is 0 Å². The predicted octanol–water partition coefficient (Wildman–Crippen LogP) is 4.74. The highest BCUT2D eigenvalue weighted by Gasteiger charge is 2.26. The van der Waals surface area contributed by atoms with Crippen LogP contribution in [-0.4, -0.2) is 41.0 Å². The van der Waals surface area contributed by atoms with Gasteiger partial charge in [0, 0.05) is 43.6 Å². The summed E-state index contributed by atoms with van der Waals surface area (Å²) in [6.45, 7) is 1.42. The van der Waals surface area contributed by atoms with Crippen molar-refractivity contribution in [2.24, 2.45) is 0 Å². The number of aryl methyl sites for hydroxylation is 1. The number of carbonyl (C=O) groups excluding carboxylic acids is 1. The molecule has 0 radical (unpaired) electrons. The highest BCUT2D eigenvalue weighted by Crippen LogP contribution is 2.31. The lowest BCUT2D eigenvalue weighted by Gasteiger charge is -2.22. The third kappa shape index (κ3) is 4.03. The van der Waals surface area contributed by atoms with E-state index in [1.807, 2.05) is 43.4 Å². The number of oxazole rings is 1. The van der Waals surface area contributed by atoms with E-state index in [1.165, 1.54) is 0 Å². The van der Waals surface area contributed by atoms with Gasteiger partial charge in [-0.1, -0.05) is 23.7 Å². The first-order valence-corrected chi connectivity index (χ1v) is 11.0. The number of fused-ring (bicyclic) bond motifs is 2. The van der Waals surface area contributed by atoms with Crippen molar-refractivity contribution in [2.45, 2.75) is 19.3 Å². The molecule has 1 amide bonds. The number of para-hydroxylation sites is 2. The second kappa shape index (κ2) is 8.59. The maximum atomic E-state index is 13.2. The lowest BCUT2D eigenvalue weighted by molar-refractivity contribution is -0.118. The van der Waals surface area contributed by atoms with Gasteiger partial charge in [-0.25, -0.2) is 15.0 Å². The molecule has 1 aliphatic rings. The number of hydrogen-bond acceptors (Lipinski definition) is 6. The quantitative estimate of drug-likeness (QED) is 0.449. The van der Waals surface area contributed by atoms with Crippen LogP contribution in [0.4, 0.5) is 11.6 Å². The number of aromatic nitrogens is 3. The smallest absolute Gasteiger partial charge is 0.228 e. The highest BCUT2D eigenvalue weighted by atomic mass is 35.5. The maximum absolute atomic E-state index is 13.2. The molecule has 4 aromatic rings. The van der Waals surface area contributed by atoms with E-state index in [1.54, 1.807) is 23.2 Å². The summed E-state index contributed by atoms with van der Waals surface area (Å²) >= 11 is 5.95. The van der Waals surface area contributed by atoms with Crippen molar-refractivity contribution in [3.8, 4) is 11.3 Å². The topological polar surface area (TPSA) is 75.4 Å². The Morgan fingerprint density at radius 3 is 2.50 bits per heavy atom. The summed E-state index contributed by atoms with van der Waals surface area (Å²) in [5.74, 6) is 2.51. The Labute approximate surface area is 190 Å². The van der Waals surface area contributed by atoms with Crippen molar-refractivity contribution in [3.05, 3.63) is 65.6 Å². The van der Waals surface area contributed by atoms with Crippen LogP contribution in [0.3, 0.4) is 0 Å². The number of nitrogens with zero attached hydrogens (tertiary/aromatic N) is 5. The molecule has 2 aromatic carbocycles. The van der Waals surface area contributed by atoms with E-state index >= 15 is 0 Å². The fourth-order valence-corrected chi connectivity index (χ4v) is 3.99. The average Bonchev–Trinajstić information content (AvgIpc) is 3.22. The molecule has 0 atom stereocenters. The monoisotopic (exact) mass is 447 g/mol. The zero-order chi connectivity index (χ0) is 22.1. The van der Waals surface area contributed by atoms with Gasteiger partial charge >= 0.3 is 0 Å². The van der Waals surface area contributed by atoms with Crippen LogP contribution in [0, 0.1) is 0 Å². The van der Waals surface area contributed by atoms with Gasteiger partial charge < -0.3 is 9.32 Å². The molecule has 3 heterocycles. The number of anilines is 2. The first kappa shape index (κ1) is 20.5. The van der Waals surface area contributed by atoms with Crippen molar-refractivity contribution >= 4 is 40.2 Å². The molecule has 0 bridgehead atoms. The Kier molecular flexibility index (Phi) is 5.49. The fraction of sp³-hybridized carbons (Fsp3) is 0.250. The van der Waals surface area contributed by atoms with Crippen molar-refractivity contribution in [3.63, 3.8) is 0 Å². The van der Waals surface area contributed by atoms with Crippen LogP contribution in [0.15, 0.2) is 59.1 Å². The summed E-state index contributed by atoms with van der Waals surface area (Å²) < 4.78 is 5.86. The molecular weight excluding hydrogens is 426 g/mol. The third-order valence-electron chi connectivity index (χ3n) is 5.56. The molecule has 0 aliphatic carbocycles. The van der Waals surface area contributed by atoms with E-state index in [-0.39, 0.29) is 12.3 Å². The van der Waals surface area contributed by atoms with E-state index in [0.29, 0.717) is 35.5 Å². The Bertz CT molecular complexity index is 1270. The number of benzene rings is 2. The standard InChI is InChI=1S/C24H22ClN5O2/c1-29-13-4-14-30(24-23(29)27-18-5-2-3-6-19(18)28-24)22(31)12-11-21-26-15-20(32-21)16-7-9-17(25)10-8-16/h2-3,5-10,15H,4,11-14H2,1H3. The predicted molar refractivity (Wildman–Crippen MR) is 125 cm³/mol. The normalized spacial score (nSPS) is 13.8. The highest BCUT2D eigenvalue weighted by molar-refractivity contribution is 6.30. The molecule has 0 saturated carbocycles. The van der Waals surface area contributed by atoms with Crippen LogP contribution in [0.1, 0.15) is 18.7 Å². The van der Waals surface area contributed by atoms with E-state index in [0.717, 1.165) is 35.4 Å². The zero-order valence-electron chi connectivity index (χ0n) is 17.7. The molecule has 2 aromatic heterocycles. The van der Waals surface area contributed by atoms with Gasteiger partial charge in [0.25, 0.3) is 0 Å². The van der Waals surface area contributed by atoms with Crippen molar-refractivity contribution in [2.75, 3.05) is 29.9 Å². The lowest BCUT2D eigenvalue weighted by atomic mass is 10.2. The van der Waals surface area contributed by atoms with Gasteiger partial charge in [-0.05, 0) is 42.8 Å². The lowest BCUT2D eigenvalue weighted by Crippen LogP contribution is -2.32. The summed E-state index contributed by atoms with van der Waals surface area (Å²) in [6, 6.07) is 15.1. The number of hydrogen-bond donors (Lipinski definition) is 0. The summed E-state index contributed by atoms with van der Waals surface area (Å²) in [5, 5.41) is 0.665. The number of rotatable bonds is 4. The molecule has 0 fully saturated rings. The van der Waals surface area contributed by atoms with Gasteiger partial charge in [0.15, 0.2) is 23.3 Å². The molecule has 32 heavy (non-hydrogen) atoms. The molecule has 5 rings (SSSR count). The molecular formula is C24H22ClN5O2. The number of carbonyl (C=O) groups is 1. The van der Waals surface area contributed by atoms with E-state index < -0.39 is 0 Å². The summed E-state index contributed by atoms with van der Waals surface area (Å²) in [4.78, 5) is 30.9. The van der Waals surface area contributed by atoms with Crippen LogP contribution in [-0.2, 0) is 11.2 Å². The van der Waals surface area contributed by atoms with Gasteiger partial charge in [0.1, 0.15) is 0 Å². The van der Waals surface area contributed by atoms with Crippen LogP contribution in [0.25, 0.3) is 22.4 Å². The van der Waals surface area contributed by atoms with E-state index in [2.05, 4.69) is 9.88 Å². The molecule has 162 valence electrons. The van der Waals surface area contributed by atoms with Gasteiger partial charge in [-0.15, -0.1) is 0 Å². The van der Waals surface area contributed by atoms with Crippen molar-refractivity contribution in [1.82, 2.24) is 15.0 Å². The van der Waals surface area contributed by atoms with Crippen LogP contribution < -0.4 is 9.80 Å². The molecule has 0 spiro atoms. The number of halogens is 1. The zero-order valence-corrected chi connectivity index (χ0v) is 18.4. The second-order valence-corrected chi connectivity index (χ2v) is 8.24. The Hall–Kier alpha value is -3.45. The van der Waals surface area contributed by atoms with Gasteiger partial charge in [0.2, 0.25) is 5.91 Å². The minimum Gasteiger partial charge on any atom is -0.441 e. The molecule has 7 nitrogen and oxygen atoms in total. The van der Waals surface area contributed by atoms with Crippen LogP contribution in [0.2, 0.25) is 5.02 Å². The first-order chi connectivity index (χ1) is 15.6. The molecule has 8 heteroatoms. The van der Waals surface area contributed by atoms with E-state index in [9.17, 15) is 4.79 Å². The maximum Gasteiger partial charge on any atom is 0.228 e. The van der Waals surface area contributed by atoms with Crippen molar-refractivity contribution < 1.29 is 9.21 Å². The van der Waals surface area contributed by atoms with Gasteiger partial charge in [-0.2, -0.15) is 0 Å². The van der Waals surface area contributed by atoms with E-state index in [4.69, 9.17) is 26.0 Å². The summed E-state index contributed by atoms with van der Waals surface area (Å²) in [5.41, 5.74) is 2.49. The van der Waals surface area contributed by atoms with Crippen LogP contribution >= 0.6 is 11.6 Å². The average molecular weight is 448 g/mol. The molecule has 0 saturated heterocycles.